The van der Waals surface area contributed by atoms with Gasteiger partial charge in [0.2, 0.25) is 5.88 Å². The Morgan fingerprint density at radius 2 is 2.40 bits per heavy atom. The largest absolute Gasteiger partial charge is 0.473 e. The van der Waals surface area contributed by atoms with Crippen molar-refractivity contribution >= 4 is 21.7 Å². The summed E-state index contributed by atoms with van der Waals surface area (Å²) in [4.78, 5) is 8.13. The fraction of sp³-hybridized carbons (Fsp3) is 0.400. The van der Waals surface area contributed by atoms with Gasteiger partial charge in [-0.25, -0.2) is 9.97 Å². The average Bonchev–Trinajstić information content (AvgIpc) is 2.26. The third kappa shape index (κ3) is 3.51. The van der Waals surface area contributed by atoms with E-state index in [1.807, 2.05) is 0 Å². The van der Waals surface area contributed by atoms with Crippen LogP contribution in [0.25, 0.3) is 0 Å². The normalized spacial score (nSPS) is 9.73. The zero-order valence-electron chi connectivity index (χ0n) is 8.66. The molecule has 0 unspecified atom stereocenters. The van der Waals surface area contributed by atoms with Crippen molar-refractivity contribution in [3.8, 4) is 5.88 Å². The Morgan fingerprint density at radius 3 is 3.07 bits per heavy atom. The molecule has 0 aliphatic heterocycles. The molecule has 5 heteroatoms. The second-order valence-corrected chi connectivity index (χ2v) is 3.66. The van der Waals surface area contributed by atoms with E-state index in [2.05, 4.69) is 44.7 Å². The number of nitrogens with one attached hydrogen (secondary N) is 1. The van der Waals surface area contributed by atoms with Crippen LogP contribution in [-0.4, -0.2) is 23.1 Å². The van der Waals surface area contributed by atoms with Crippen LogP contribution in [-0.2, 0) is 0 Å². The van der Waals surface area contributed by atoms with Gasteiger partial charge in [0.25, 0.3) is 0 Å². The van der Waals surface area contributed by atoms with Crippen LogP contribution < -0.4 is 10.1 Å². The van der Waals surface area contributed by atoms with E-state index in [0.717, 1.165) is 23.3 Å². The molecular formula is C10H14BrN3O. The van der Waals surface area contributed by atoms with Gasteiger partial charge >= 0.3 is 0 Å². The van der Waals surface area contributed by atoms with Gasteiger partial charge in [0.05, 0.1) is 0 Å². The third-order valence-electron chi connectivity index (χ3n) is 1.64. The minimum Gasteiger partial charge on any atom is -0.473 e. The lowest BCUT2D eigenvalue weighted by atomic mass is 10.4. The quantitative estimate of drug-likeness (QED) is 0.809. The number of aromatic nitrogens is 2. The van der Waals surface area contributed by atoms with Crippen molar-refractivity contribution in [1.29, 1.82) is 0 Å². The fourth-order valence-electron chi connectivity index (χ4n) is 0.959. The van der Waals surface area contributed by atoms with E-state index < -0.39 is 0 Å². The molecule has 1 heterocycles. The molecule has 1 aromatic rings. The van der Waals surface area contributed by atoms with E-state index in [-0.39, 0.29) is 0 Å². The van der Waals surface area contributed by atoms with Crippen LogP contribution in [0.2, 0.25) is 0 Å². The average molecular weight is 272 g/mol. The second kappa shape index (κ2) is 6.40. The molecule has 1 rings (SSSR count). The highest BCUT2D eigenvalue weighted by molar-refractivity contribution is 9.10. The minimum atomic E-state index is 0.433. The van der Waals surface area contributed by atoms with E-state index in [1.165, 1.54) is 6.33 Å². The Kier molecular flexibility index (Phi) is 5.10. The molecule has 0 aliphatic carbocycles. The molecule has 0 fully saturated rings. The van der Waals surface area contributed by atoms with E-state index in [0.29, 0.717) is 12.5 Å². The standard InChI is InChI=1S/C10H14BrN3O/c1-3-5-12-9-8(11)10(14-7-13-9)15-6-4-2/h4,7H,2-3,5-6H2,1H3,(H,12,13,14). The number of nitrogens with zero attached hydrogens (tertiary/aromatic N) is 2. The highest BCUT2D eigenvalue weighted by Gasteiger charge is 2.08. The fourth-order valence-corrected chi connectivity index (χ4v) is 1.42. The maximum atomic E-state index is 5.35. The van der Waals surface area contributed by atoms with Crippen molar-refractivity contribution < 1.29 is 4.74 Å². The van der Waals surface area contributed by atoms with Gasteiger partial charge in [-0.1, -0.05) is 19.6 Å². The molecular weight excluding hydrogens is 258 g/mol. The van der Waals surface area contributed by atoms with Gasteiger partial charge in [-0.15, -0.1) is 0 Å². The predicted octanol–water partition coefficient (Wildman–Crippen LogP) is 2.63. The zero-order valence-corrected chi connectivity index (χ0v) is 10.2. The van der Waals surface area contributed by atoms with Crippen LogP contribution in [0, 0.1) is 0 Å². The first-order valence-electron chi connectivity index (χ1n) is 4.77. The van der Waals surface area contributed by atoms with E-state index in [9.17, 15) is 0 Å². The first-order chi connectivity index (χ1) is 7.29. The summed E-state index contributed by atoms with van der Waals surface area (Å²) >= 11 is 3.39. The predicted molar refractivity (Wildman–Crippen MR) is 64.2 cm³/mol. The molecule has 0 spiro atoms. The number of hydrogen-bond donors (Lipinski definition) is 1. The minimum absolute atomic E-state index is 0.433. The summed E-state index contributed by atoms with van der Waals surface area (Å²) in [5, 5.41) is 3.18. The van der Waals surface area contributed by atoms with Crippen molar-refractivity contribution in [2.24, 2.45) is 0 Å². The Hall–Kier alpha value is -1.10. The van der Waals surface area contributed by atoms with Crippen LogP contribution in [0.4, 0.5) is 5.82 Å². The van der Waals surface area contributed by atoms with Crippen LogP contribution in [0.15, 0.2) is 23.5 Å². The topological polar surface area (TPSA) is 47.0 Å². The molecule has 0 aromatic carbocycles. The smallest absolute Gasteiger partial charge is 0.233 e. The summed E-state index contributed by atoms with van der Waals surface area (Å²) in [5.41, 5.74) is 0. The zero-order chi connectivity index (χ0) is 11.1. The van der Waals surface area contributed by atoms with Crippen molar-refractivity contribution in [3.63, 3.8) is 0 Å². The Labute approximate surface area is 97.9 Å². The molecule has 82 valence electrons. The van der Waals surface area contributed by atoms with E-state index in [4.69, 9.17) is 4.74 Å². The molecule has 0 amide bonds. The summed E-state index contributed by atoms with van der Waals surface area (Å²) < 4.78 is 6.10. The summed E-state index contributed by atoms with van der Waals surface area (Å²) in [6, 6.07) is 0. The second-order valence-electron chi connectivity index (χ2n) is 2.87. The molecule has 0 saturated carbocycles. The molecule has 0 aliphatic rings. The molecule has 0 radical (unpaired) electrons. The maximum Gasteiger partial charge on any atom is 0.233 e. The van der Waals surface area contributed by atoms with Crippen molar-refractivity contribution in [2.75, 3.05) is 18.5 Å². The first kappa shape index (κ1) is 12.0. The van der Waals surface area contributed by atoms with Crippen LogP contribution in [0.5, 0.6) is 5.88 Å². The maximum absolute atomic E-state index is 5.35. The summed E-state index contributed by atoms with van der Waals surface area (Å²) in [6.07, 6.45) is 4.19. The van der Waals surface area contributed by atoms with E-state index >= 15 is 0 Å². The van der Waals surface area contributed by atoms with Crippen molar-refractivity contribution in [3.05, 3.63) is 23.5 Å². The van der Waals surface area contributed by atoms with Gasteiger partial charge in [0, 0.05) is 6.54 Å². The van der Waals surface area contributed by atoms with Crippen LogP contribution >= 0.6 is 15.9 Å². The van der Waals surface area contributed by atoms with Gasteiger partial charge in [-0.2, -0.15) is 0 Å². The van der Waals surface area contributed by atoms with E-state index in [1.54, 1.807) is 6.08 Å². The third-order valence-corrected chi connectivity index (χ3v) is 2.35. The van der Waals surface area contributed by atoms with Gasteiger partial charge in [-0.3, -0.25) is 0 Å². The Balaban J connectivity index is 2.75. The Bertz CT molecular complexity index is 330. The molecule has 0 saturated heterocycles. The molecule has 0 bridgehead atoms. The Morgan fingerprint density at radius 1 is 1.60 bits per heavy atom. The SMILES string of the molecule is C=CCOc1ncnc(NCCC)c1Br. The number of anilines is 1. The van der Waals surface area contributed by atoms with Gasteiger partial charge < -0.3 is 10.1 Å². The lowest BCUT2D eigenvalue weighted by molar-refractivity contribution is 0.345. The molecule has 1 aromatic heterocycles. The van der Waals surface area contributed by atoms with Crippen molar-refractivity contribution in [1.82, 2.24) is 9.97 Å². The van der Waals surface area contributed by atoms with Gasteiger partial charge in [0.15, 0.2) is 0 Å². The molecule has 15 heavy (non-hydrogen) atoms. The van der Waals surface area contributed by atoms with Crippen LogP contribution in [0.1, 0.15) is 13.3 Å². The summed E-state index contributed by atoms with van der Waals surface area (Å²) in [5.74, 6) is 1.29. The summed E-state index contributed by atoms with van der Waals surface area (Å²) in [6.45, 7) is 6.98. The van der Waals surface area contributed by atoms with Crippen molar-refractivity contribution in [2.45, 2.75) is 13.3 Å². The first-order valence-corrected chi connectivity index (χ1v) is 5.57. The number of halogens is 1. The lowest BCUT2D eigenvalue weighted by Crippen LogP contribution is -2.05. The molecule has 1 N–H and O–H groups in total. The number of ether oxygens (including phenoxy) is 1. The molecule has 0 atom stereocenters. The lowest BCUT2D eigenvalue weighted by Gasteiger charge is -2.09. The van der Waals surface area contributed by atoms with Crippen LogP contribution in [0.3, 0.4) is 0 Å². The highest BCUT2D eigenvalue weighted by Crippen LogP contribution is 2.28. The monoisotopic (exact) mass is 271 g/mol. The number of hydrogen-bond acceptors (Lipinski definition) is 4. The number of rotatable bonds is 6. The highest BCUT2D eigenvalue weighted by atomic mass is 79.9. The van der Waals surface area contributed by atoms with Gasteiger partial charge in [0.1, 0.15) is 23.2 Å². The summed E-state index contributed by atoms with van der Waals surface area (Å²) in [7, 11) is 0. The molecule has 4 nitrogen and oxygen atoms in total. The van der Waals surface area contributed by atoms with Gasteiger partial charge in [-0.05, 0) is 22.4 Å².